The molecule has 2 aromatic carbocycles. The normalized spacial score (nSPS) is 16.9. The average Bonchev–Trinajstić information content (AvgIpc) is 3.02. The lowest BCUT2D eigenvalue weighted by Crippen LogP contribution is -2.33. The minimum Gasteiger partial charge on any atom is -0.497 e. The van der Waals surface area contributed by atoms with Crippen molar-refractivity contribution in [2.24, 2.45) is 4.99 Å². The number of amidine groups is 1. The van der Waals surface area contributed by atoms with Crippen LogP contribution < -0.4 is 14.8 Å². The van der Waals surface area contributed by atoms with Crippen LogP contribution in [0.25, 0.3) is 0 Å². The van der Waals surface area contributed by atoms with Gasteiger partial charge in [-0.3, -0.25) is 14.5 Å². The Morgan fingerprint density at radius 2 is 1.91 bits per heavy atom. The molecule has 1 N–H and O–H groups in total. The lowest BCUT2D eigenvalue weighted by Gasteiger charge is -2.14. The summed E-state index contributed by atoms with van der Waals surface area (Å²) in [5.41, 5.74) is 3.48. The maximum Gasteiger partial charge on any atom is 0.242 e. The third-order valence-corrected chi connectivity index (χ3v) is 5.99. The van der Waals surface area contributed by atoms with Gasteiger partial charge in [0.25, 0.3) is 0 Å². The molecule has 1 atom stereocenters. The fourth-order valence-electron chi connectivity index (χ4n) is 3.42. The van der Waals surface area contributed by atoms with Crippen LogP contribution in [0.2, 0.25) is 0 Å². The fourth-order valence-corrected chi connectivity index (χ4v) is 4.59. The Kier molecular flexibility index (Phi) is 7.58. The van der Waals surface area contributed by atoms with Crippen LogP contribution in [0.15, 0.2) is 54.0 Å². The third kappa shape index (κ3) is 5.50. The monoisotopic (exact) mass is 453 g/mol. The number of aliphatic imine (C=N–C) groups is 1. The molecule has 1 fully saturated rings. The van der Waals surface area contributed by atoms with Gasteiger partial charge in [-0.1, -0.05) is 23.9 Å². The molecule has 8 heteroatoms. The molecule has 168 valence electrons. The molecule has 0 aliphatic carbocycles. The molecular weight excluding hydrogens is 426 g/mol. The number of ether oxygens (including phenoxy) is 2. The Bertz CT molecular complexity index is 1050. The standard InChI is InChI=1S/C24H27N3O4S/c1-6-9-27-23(29)21(32-24(27)25-17-11-15(2)10-16(3)12-17)14-22(28)26-19-8-7-18(30-4)13-20(19)31-5/h6-8,10-13,21H,1,9,14H2,2-5H3,(H,26,28). The van der Waals surface area contributed by atoms with Crippen LogP contribution in [0.5, 0.6) is 11.5 Å². The van der Waals surface area contributed by atoms with E-state index in [0.717, 1.165) is 16.8 Å². The molecule has 0 radical (unpaired) electrons. The zero-order valence-corrected chi connectivity index (χ0v) is 19.5. The molecule has 1 unspecified atom stereocenters. The van der Waals surface area contributed by atoms with E-state index in [1.54, 1.807) is 36.3 Å². The summed E-state index contributed by atoms with van der Waals surface area (Å²) in [6, 6.07) is 11.1. The lowest BCUT2D eigenvalue weighted by molar-refractivity contribution is -0.127. The van der Waals surface area contributed by atoms with Crippen LogP contribution in [-0.2, 0) is 9.59 Å². The van der Waals surface area contributed by atoms with Gasteiger partial charge in [0.1, 0.15) is 16.7 Å². The highest BCUT2D eigenvalue weighted by molar-refractivity contribution is 8.15. The summed E-state index contributed by atoms with van der Waals surface area (Å²) in [6.07, 6.45) is 1.67. The minimum absolute atomic E-state index is 0.0121. The van der Waals surface area contributed by atoms with E-state index in [-0.39, 0.29) is 18.2 Å². The highest BCUT2D eigenvalue weighted by Crippen LogP contribution is 2.33. The maximum atomic E-state index is 13.0. The first-order valence-electron chi connectivity index (χ1n) is 10.1. The molecule has 2 amide bonds. The Morgan fingerprint density at radius 3 is 2.53 bits per heavy atom. The van der Waals surface area contributed by atoms with E-state index < -0.39 is 5.25 Å². The van der Waals surface area contributed by atoms with Gasteiger partial charge in [0.05, 0.1) is 25.6 Å². The number of benzene rings is 2. The summed E-state index contributed by atoms with van der Waals surface area (Å²) in [7, 11) is 3.08. The first kappa shape index (κ1) is 23.4. The second-order valence-electron chi connectivity index (χ2n) is 7.40. The number of methoxy groups -OCH3 is 2. The summed E-state index contributed by atoms with van der Waals surface area (Å²) >= 11 is 1.29. The van der Waals surface area contributed by atoms with Crippen molar-refractivity contribution in [3.05, 3.63) is 60.2 Å². The molecule has 0 bridgehead atoms. The fraction of sp³-hybridized carbons (Fsp3) is 0.292. The lowest BCUT2D eigenvalue weighted by atomic mass is 10.1. The van der Waals surface area contributed by atoms with Gasteiger partial charge >= 0.3 is 0 Å². The van der Waals surface area contributed by atoms with E-state index in [1.807, 2.05) is 26.0 Å². The Morgan fingerprint density at radius 1 is 1.19 bits per heavy atom. The molecule has 1 heterocycles. The maximum absolute atomic E-state index is 13.0. The van der Waals surface area contributed by atoms with Gasteiger partial charge in [-0.05, 0) is 49.2 Å². The highest BCUT2D eigenvalue weighted by Gasteiger charge is 2.38. The van der Waals surface area contributed by atoms with Crippen LogP contribution in [0.3, 0.4) is 0 Å². The predicted octanol–water partition coefficient (Wildman–Crippen LogP) is 4.47. The SMILES string of the molecule is C=CCN1C(=O)C(CC(=O)Nc2ccc(OC)cc2OC)SC1=Nc1cc(C)cc(C)c1. The van der Waals surface area contributed by atoms with Crippen LogP contribution in [0, 0.1) is 13.8 Å². The number of hydrogen-bond donors (Lipinski definition) is 1. The van der Waals surface area contributed by atoms with Crippen molar-refractivity contribution in [3.63, 3.8) is 0 Å². The quantitative estimate of drug-likeness (QED) is 0.597. The smallest absolute Gasteiger partial charge is 0.242 e. The molecule has 0 spiro atoms. The molecule has 3 rings (SSSR count). The number of rotatable bonds is 8. The molecule has 7 nitrogen and oxygen atoms in total. The van der Waals surface area contributed by atoms with Gasteiger partial charge in [-0.15, -0.1) is 6.58 Å². The van der Waals surface area contributed by atoms with E-state index in [2.05, 4.69) is 23.0 Å². The molecule has 1 aliphatic heterocycles. The summed E-state index contributed by atoms with van der Waals surface area (Å²) in [5.74, 6) is 0.655. The molecule has 0 aromatic heterocycles. The van der Waals surface area contributed by atoms with Crippen LogP contribution in [-0.4, -0.2) is 47.9 Å². The molecule has 0 saturated carbocycles. The van der Waals surface area contributed by atoms with Crippen molar-refractivity contribution < 1.29 is 19.1 Å². The van der Waals surface area contributed by atoms with Gasteiger partial charge in [0.15, 0.2) is 5.17 Å². The Labute approximate surface area is 192 Å². The molecule has 2 aromatic rings. The van der Waals surface area contributed by atoms with Crippen LogP contribution in [0.1, 0.15) is 17.5 Å². The van der Waals surface area contributed by atoms with Crippen molar-refractivity contribution in [3.8, 4) is 11.5 Å². The predicted molar refractivity (Wildman–Crippen MR) is 129 cm³/mol. The summed E-state index contributed by atoms with van der Waals surface area (Å²) in [6.45, 7) is 8.09. The second-order valence-corrected chi connectivity index (χ2v) is 8.57. The van der Waals surface area contributed by atoms with Crippen molar-refractivity contribution >= 4 is 40.1 Å². The third-order valence-electron chi connectivity index (χ3n) is 4.82. The van der Waals surface area contributed by atoms with E-state index >= 15 is 0 Å². The van der Waals surface area contributed by atoms with Crippen molar-refractivity contribution in [1.29, 1.82) is 0 Å². The molecule has 1 aliphatic rings. The van der Waals surface area contributed by atoms with Crippen LogP contribution >= 0.6 is 11.8 Å². The molecule has 1 saturated heterocycles. The summed E-state index contributed by atoms with van der Waals surface area (Å²) < 4.78 is 10.5. The van der Waals surface area contributed by atoms with E-state index in [4.69, 9.17) is 9.47 Å². The largest absolute Gasteiger partial charge is 0.497 e. The van der Waals surface area contributed by atoms with Gasteiger partial charge in [0, 0.05) is 19.0 Å². The van der Waals surface area contributed by atoms with Crippen molar-refractivity contribution in [2.75, 3.05) is 26.1 Å². The Balaban J connectivity index is 1.77. The number of carbonyl (C=O) groups excluding carboxylic acids is 2. The summed E-state index contributed by atoms with van der Waals surface area (Å²) in [5, 5.41) is 2.83. The van der Waals surface area contributed by atoms with Gasteiger partial charge in [0.2, 0.25) is 11.8 Å². The van der Waals surface area contributed by atoms with Crippen molar-refractivity contribution in [1.82, 2.24) is 4.90 Å². The molecule has 32 heavy (non-hydrogen) atoms. The number of anilines is 1. The van der Waals surface area contributed by atoms with Crippen molar-refractivity contribution in [2.45, 2.75) is 25.5 Å². The van der Waals surface area contributed by atoms with Gasteiger partial charge < -0.3 is 14.8 Å². The van der Waals surface area contributed by atoms with E-state index in [1.165, 1.54) is 18.9 Å². The van der Waals surface area contributed by atoms with Gasteiger partial charge in [-0.25, -0.2) is 4.99 Å². The zero-order valence-electron chi connectivity index (χ0n) is 18.7. The number of hydrogen-bond acceptors (Lipinski definition) is 6. The average molecular weight is 454 g/mol. The highest BCUT2D eigenvalue weighted by atomic mass is 32.2. The van der Waals surface area contributed by atoms with E-state index in [0.29, 0.717) is 28.9 Å². The number of nitrogens with zero attached hydrogens (tertiary/aromatic N) is 2. The first-order chi connectivity index (χ1) is 15.3. The number of carbonyl (C=O) groups is 2. The minimum atomic E-state index is -0.566. The topological polar surface area (TPSA) is 80.2 Å². The van der Waals surface area contributed by atoms with Gasteiger partial charge in [-0.2, -0.15) is 0 Å². The van der Waals surface area contributed by atoms with Crippen LogP contribution in [0.4, 0.5) is 11.4 Å². The first-order valence-corrected chi connectivity index (χ1v) is 11.0. The molecular formula is C24H27N3O4S. The second kappa shape index (κ2) is 10.4. The zero-order chi connectivity index (χ0) is 23.3. The van der Waals surface area contributed by atoms with E-state index in [9.17, 15) is 9.59 Å². The Hall–Kier alpha value is -3.26. The number of amides is 2. The summed E-state index contributed by atoms with van der Waals surface area (Å²) in [4.78, 5) is 32.0. The number of nitrogens with one attached hydrogen (secondary N) is 1. The number of aryl methyl sites for hydroxylation is 2. The number of thioether (sulfide) groups is 1.